The van der Waals surface area contributed by atoms with Crippen molar-refractivity contribution in [2.45, 2.75) is 0 Å². The predicted octanol–water partition coefficient (Wildman–Crippen LogP) is 1.06. The zero-order chi connectivity index (χ0) is 23.2. The second-order valence-electron chi connectivity index (χ2n) is 6.61. The summed E-state index contributed by atoms with van der Waals surface area (Å²) in [6.45, 7) is 0. The van der Waals surface area contributed by atoms with Crippen molar-refractivity contribution in [2.24, 2.45) is 7.05 Å². The first-order chi connectivity index (χ1) is 15.2. The van der Waals surface area contributed by atoms with Crippen LogP contribution in [0.1, 0.15) is 25.6 Å². The number of hydrogen-bond acceptors (Lipinski definition) is 9. The Hall–Kier alpha value is -4.70. The van der Waals surface area contributed by atoms with E-state index >= 15 is 0 Å². The number of carboxylic acid groups (broad SMARTS) is 1. The van der Waals surface area contributed by atoms with E-state index in [1.165, 1.54) is 36.0 Å². The Morgan fingerprint density at radius 1 is 1.31 bits per heavy atom. The number of anilines is 3. The van der Waals surface area contributed by atoms with Crippen LogP contribution in [0.25, 0.3) is 21.5 Å². The molecular weight excluding hydrogens is 438 g/mol. The third-order valence-electron chi connectivity index (χ3n) is 4.65. The summed E-state index contributed by atoms with van der Waals surface area (Å²) in [6.07, 6.45) is 0. The number of aromatic nitrogens is 3. The van der Waals surface area contributed by atoms with Gasteiger partial charge in [-0.2, -0.15) is 5.26 Å². The van der Waals surface area contributed by atoms with Gasteiger partial charge < -0.3 is 21.9 Å². The molecule has 13 heteroatoms. The molecule has 0 saturated carbocycles. The highest BCUT2D eigenvalue weighted by Crippen LogP contribution is 2.41. The molecule has 3 aromatic heterocycles. The molecule has 1 amide bonds. The van der Waals surface area contributed by atoms with Crippen molar-refractivity contribution < 1.29 is 23.9 Å². The molecule has 0 bridgehead atoms. The average molecular weight is 452 g/mol. The minimum absolute atomic E-state index is 0.00394. The van der Waals surface area contributed by atoms with Crippen LogP contribution in [-0.2, 0) is 7.05 Å². The number of thiophene rings is 1. The van der Waals surface area contributed by atoms with Gasteiger partial charge in [0.25, 0.3) is 5.91 Å². The average Bonchev–Trinajstić information content (AvgIpc) is 3.26. The fourth-order valence-electron chi connectivity index (χ4n) is 3.18. The summed E-state index contributed by atoms with van der Waals surface area (Å²) in [7, 11) is 1.50. The van der Waals surface area contributed by atoms with Gasteiger partial charge in [0.1, 0.15) is 27.2 Å². The maximum absolute atomic E-state index is 12.9. The number of nitrogen functional groups attached to an aromatic ring is 2. The normalized spacial score (nSPS) is 10.8. The molecule has 1 aromatic carbocycles. The smallest absolute Gasteiger partial charge is 0.435 e. The molecule has 32 heavy (non-hydrogen) atoms. The summed E-state index contributed by atoms with van der Waals surface area (Å²) in [5, 5.41) is 23.8. The molecule has 12 nitrogen and oxygen atoms in total. The number of nitrogens with two attached hydrogens (primary N) is 2. The van der Waals surface area contributed by atoms with Crippen LogP contribution in [0.3, 0.4) is 0 Å². The molecular formula is C19H14N7O5S+. The SMILES string of the molecule is C[n+]1[nH]oc(=O)c1-c1c(C#N)c(N)nc2sc(C(=O)Nc3ccc(C(=O)O)cc3)c(N)c12. The number of amides is 1. The van der Waals surface area contributed by atoms with Gasteiger partial charge >= 0.3 is 17.3 Å². The number of nitrogens with one attached hydrogen (secondary N) is 2. The first-order valence-electron chi connectivity index (χ1n) is 8.87. The summed E-state index contributed by atoms with van der Waals surface area (Å²) in [4.78, 5) is 40.7. The summed E-state index contributed by atoms with van der Waals surface area (Å²) in [6, 6.07) is 7.48. The number of aryl methyl sites for hydroxylation is 1. The van der Waals surface area contributed by atoms with Crippen molar-refractivity contribution in [3.8, 4) is 17.3 Å². The predicted molar refractivity (Wildman–Crippen MR) is 114 cm³/mol. The fourth-order valence-corrected chi connectivity index (χ4v) is 4.19. The number of nitrogens with zero attached hydrogens (tertiary/aromatic N) is 3. The lowest BCUT2D eigenvalue weighted by Gasteiger charge is -2.05. The second-order valence-corrected chi connectivity index (χ2v) is 7.61. The Bertz CT molecular complexity index is 1510. The van der Waals surface area contributed by atoms with Gasteiger partial charge in [-0.1, -0.05) is 4.68 Å². The number of carbonyl (C=O) groups is 2. The molecule has 160 valence electrons. The summed E-state index contributed by atoms with van der Waals surface area (Å²) in [5.74, 6) is -1.81. The van der Waals surface area contributed by atoms with Gasteiger partial charge in [0.15, 0.2) is 7.05 Å². The van der Waals surface area contributed by atoms with Crippen LogP contribution in [0.4, 0.5) is 17.2 Å². The van der Waals surface area contributed by atoms with Crippen molar-refractivity contribution in [3.05, 3.63) is 50.7 Å². The minimum Gasteiger partial charge on any atom is -0.478 e. The highest BCUT2D eigenvalue weighted by atomic mass is 32.1. The number of pyridine rings is 1. The lowest BCUT2D eigenvalue weighted by atomic mass is 10.0. The van der Waals surface area contributed by atoms with Crippen LogP contribution in [0.15, 0.2) is 33.6 Å². The van der Waals surface area contributed by atoms with Gasteiger partial charge in [-0.15, -0.1) is 11.3 Å². The monoisotopic (exact) mass is 452 g/mol. The van der Waals surface area contributed by atoms with E-state index in [0.717, 1.165) is 11.3 Å². The van der Waals surface area contributed by atoms with Gasteiger partial charge in [-0.25, -0.2) is 14.6 Å². The molecule has 3 heterocycles. The van der Waals surface area contributed by atoms with E-state index in [4.69, 9.17) is 21.1 Å². The van der Waals surface area contributed by atoms with Crippen molar-refractivity contribution in [1.82, 2.24) is 10.3 Å². The molecule has 0 atom stereocenters. The Kier molecular flexibility index (Phi) is 4.84. The van der Waals surface area contributed by atoms with E-state index in [0.29, 0.717) is 5.69 Å². The molecule has 0 unspecified atom stereocenters. The lowest BCUT2D eigenvalue weighted by Crippen LogP contribution is -2.34. The van der Waals surface area contributed by atoms with E-state index in [1.807, 2.05) is 6.07 Å². The first-order valence-corrected chi connectivity index (χ1v) is 9.68. The number of rotatable bonds is 4. The number of carbonyl (C=O) groups excluding carboxylic acids is 1. The van der Waals surface area contributed by atoms with Gasteiger partial charge in [0.2, 0.25) is 0 Å². The van der Waals surface area contributed by atoms with Gasteiger partial charge in [0.05, 0.1) is 22.2 Å². The first kappa shape index (κ1) is 20.6. The largest absolute Gasteiger partial charge is 0.478 e. The highest BCUT2D eigenvalue weighted by molar-refractivity contribution is 7.21. The number of carboxylic acids is 1. The highest BCUT2D eigenvalue weighted by Gasteiger charge is 2.32. The molecule has 0 saturated heterocycles. The van der Waals surface area contributed by atoms with Crippen LogP contribution >= 0.6 is 11.3 Å². The number of H-pyrrole nitrogens is 1. The fraction of sp³-hybridized carbons (Fsp3) is 0.0526. The van der Waals surface area contributed by atoms with Crippen LogP contribution in [0, 0.1) is 11.3 Å². The molecule has 0 spiro atoms. The Labute approximate surface area is 182 Å². The van der Waals surface area contributed by atoms with E-state index < -0.39 is 17.5 Å². The zero-order valence-corrected chi connectivity index (χ0v) is 17.1. The quantitative estimate of drug-likeness (QED) is 0.280. The Morgan fingerprint density at radius 3 is 2.56 bits per heavy atom. The number of benzene rings is 1. The number of aromatic carboxylic acids is 1. The molecule has 7 N–H and O–H groups in total. The zero-order valence-electron chi connectivity index (χ0n) is 16.3. The third-order valence-corrected chi connectivity index (χ3v) is 5.75. The number of fused-ring (bicyclic) bond motifs is 1. The van der Waals surface area contributed by atoms with E-state index in [1.54, 1.807) is 0 Å². The standard InChI is InChI=1S/C19H13N7O5S/c1-26-13(19(30)31-25-26)10-9(6-20)15(22)24-17-11(10)12(21)14(32-17)16(27)23-8-4-2-7(3-5-8)18(28)29/h2-5H,1H3,(H6-,21,22,23,24,25,27,28,29,30)/p+1. The van der Waals surface area contributed by atoms with E-state index in [-0.39, 0.29) is 49.0 Å². The molecule has 4 rings (SSSR count). The maximum Gasteiger partial charge on any atom is 0.435 e. The topological polar surface area (TPSA) is 205 Å². The van der Waals surface area contributed by atoms with Crippen molar-refractivity contribution in [2.75, 3.05) is 16.8 Å². The molecule has 0 aliphatic heterocycles. The van der Waals surface area contributed by atoms with Gasteiger partial charge in [0, 0.05) is 5.69 Å². The maximum atomic E-state index is 12.9. The summed E-state index contributed by atoms with van der Waals surface area (Å²) < 4.78 is 6.05. The Balaban J connectivity index is 1.86. The summed E-state index contributed by atoms with van der Waals surface area (Å²) in [5.41, 5.74) is 11.9. The van der Waals surface area contributed by atoms with Crippen molar-refractivity contribution >= 4 is 50.6 Å². The van der Waals surface area contributed by atoms with Crippen LogP contribution in [0.2, 0.25) is 0 Å². The van der Waals surface area contributed by atoms with Crippen LogP contribution in [0.5, 0.6) is 0 Å². The Morgan fingerprint density at radius 2 is 2.00 bits per heavy atom. The second kappa shape index (κ2) is 7.52. The number of hydrogen-bond donors (Lipinski definition) is 5. The molecule has 4 aromatic rings. The summed E-state index contributed by atoms with van der Waals surface area (Å²) >= 11 is 0.932. The number of nitriles is 1. The van der Waals surface area contributed by atoms with Gasteiger partial charge in [-0.05, 0) is 29.5 Å². The molecule has 0 fully saturated rings. The molecule has 0 aliphatic carbocycles. The van der Waals surface area contributed by atoms with E-state index in [2.05, 4.69) is 15.6 Å². The van der Waals surface area contributed by atoms with E-state index in [9.17, 15) is 19.6 Å². The minimum atomic E-state index is -1.09. The van der Waals surface area contributed by atoms with Crippen LogP contribution < -0.4 is 27.1 Å². The van der Waals surface area contributed by atoms with Crippen molar-refractivity contribution in [1.29, 1.82) is 5.26 Å². The van der Waals surface area contributed by atoms with Crippen LogP contribution in [-0.4, -0.2) is 27.2 Å². The molecule has 0 aliphatic rings. The van der Waals surface area contributed by atoms with Crippen molar-refractivity contribution in [3.63, 3.8) is 0 Å². The third kappa shape index (κ3) is 3.20. The molecule has 0 radical (unpaired) electrons. The van der Waals surface area contributed by atoms with Gasteiger partial charge in [-0.3, -0.25) is 9.32 Å². The lowest BCUT2D eigenvalue weighted by molar-refractivity contribution is -0.730. The number of aromatic amines is 1.